The molecule has 0 bridgehead atoms. The number of benzene rings is 2. The average molecular weight is 271 g/mol. The second-order valence-electron chi connectivity index (χ2n) is 5.68. The molecule has 0 heterocycles. The van der Waals surface area contributed by atoms with Crippen molar-refractivity contribution in [3.63, 3.8) is 0 Å². The molecule has 0 atom stereocenters. The van der Waals surface area contributed by atoms with Crippen molar-refractivity contribution in [1.82, 2.24) is 5.32 Å². The standard InChI is InChI=1S/C18H25NO/c1-15(2)14-20-11-5-10-19-13-16-8-9-17-6-3-4-7-18(17)12-16/h3-4,6-9,12,15,19H,5,10-11,13-14H2,1-2H3. The van der Waals surface area contributed by atoms with Gasteiger partial charge in [-0.2, -0.15) is 0 Å². The summed E-state index contributed by atoms with van der Waals surface area (Å²) in [5.74, 6) is 0.626. The van der Waals surface area contributed by atoms with Gasteiger partial charge in [0.2, 0.25) is 0 Å². The highest BCUT2D eigenvalue weighted by Crippen LogP contribution is 2.15. The van der Waals surface area contributed by atoms with Crippen LogP contribution in [-0.4, -0.2) is 19.8 Å². The van der Waals surface area contributed by atoms with Gasteiger partial charge in [0.15, 0.2) is 0 Å². The van der Waals surface area contributed by atoms with E-state index in [-0.39, 0.29) is 0 Å². The lowest BCUT2D eigenvalue weighted by Crippen LogP contribution is -2.16. The molecule has 0 aliphatic heterocycles. The molecule has 0 radical (unpaired) electrons. The molecular formula is C18H25NO. The quantitative estimate of drug-likeness (QED) is 0.733. The van der Waals surface area contributed by atoms with E-state index < -0.39 is 0 Å². The minimum Gasteiger partial charge on any atom is -0.381 e. The van der Waals surface area contributed by atoms with Gasteiger partial charge in [-0.25, -0.2) is 0 Å². The fraction of sp³-hybridized carbons (Fsp3) is 0.444. The van der Waals surface area contributed by atoms with E-state index in [9.17, 15) is 0 Å². The van der Waals surface area contributed by atoms with Gasteiger partial charge in [-0.1, -0.05) is 50.2 Å². The SMILES string of the molecule is CC(C)COCCCNCc1ccc2ccccc2c1. The van der Waals surface area contributed by atoms with E-state index >= 15 is 0 Å². The molecule has 2 nitrogen and oxygen atoms in total. The molecule has 0 spiro atoms. The average Bonchev–Trinajstić information content (AvgIpc) is 2.46. The van der Waals surface area contributed by atoms with Crippen LogP contribution in [0.2, 0.25) is 0 Å². The molecule has 2 rings (SSSR count). The molecule has 0 aliphatic carbocycles. The van der Waals surface area contributed by atoms with Crippen molar-refractivity contribution in [2.45, 2.75) is 26.8 Å². The van der Waals surface area contributed by atoms with E-state index in [0.29, 0.717) is 5.92 Å². The Morgan fingerprint density at radius 3 is 2.65 bits per heavy atom. The van der Waals surface area contributed by atoms with Crippen LogP contribution in [0.15, 0.2) is 42.5 Å². The summed E-state index contributed by atoms with van der Waals surface area (Å²) >= 11 is 0. The number of hydrogen-bond donors (Lipinski definition) is 1. The first-order valence-electron chi connectivity index (χ1n) is 7.52. The maximum Gasteiger partial charge on any atom is 0.0489 e. The number of nitrogens with one attached hydrogen (secondary N) is 1. The van der Waals surface area contributed by atoms with Crippen molar-refractivity contribution in [3.05, 3.63) is 48.0 Å². The number of hydrogen-bond acceptors (Lipinski definition) is 2. The summed E-state index contributed by atoms with van der Waals surface area (Å²) in [7, 11) is 0. The highest BCUT2D eigenvalue weighted by atomic mass is 16.5. The predicted octanol–water partition coefficient (Wildman–Crippen LogP) is 3.99. The van der Waals surface area contributed by atoms with E-state index in [0.717, 1.165) is 32.7 Å². The predicted molar refractivity (Wildman–Crippen MR) is 85.9 cm³/mol. The second-order valence-corrected chi connectivity index (χ2v) is 5.68. The molecule has 0 amide bonds. The van der Waals surface area contributed by atoms with Crippen LogP contribution in [0.1, 0.15) is 25.8 Å². The van der Waals surface area contributed by atoms with E-state index in [1.165, 1.54) is 16.3 Å². The summed E-state index contributed by atoms with van der Waals surface area (Å²) < 4.78 is 5.57. The zero-order chi connectivity index (χ0) is 14.2. The molecule has 0 saturated heterocycles. The number of fused-ring (bicyclic) bond motifs is 1. The Hall–Kier alpha value is -1.38. The van der Waals surface area contributed by atoms with E-state index in [1.807, 2.05) is 0 Å². The molecule has 2 aromatic rings. The fourth-order valence-electron chi connectivity index (χ4n) is 2.20. The molecule has 2 aromatic carbocycles. The smallest absolute Gasteiger partial charge is 0.0489 e. The van der Waals surface area contributed by atoms with Gasteiger partial charge in [0.1, 0.15) is 0 Å². The van der Waals surface area contributed by atoms with Crippen LogP contribution in [0.5, 0.6) is 0 Å². The van der Waals surface area contributed by atoms with Gasteiger partial charge in [0.25, 0.3) is 0 Å². The summed E-state index contributed by atoms with van der Waals surface area (Å²) in [5, 5.41) is 6.09. The molecule has 1 N–H and O–H groups in total. The van der Waals surface area contributed by atoms with Crippen molar-refractivity contribution in [1.29, 1.82) is 0 Å². The minimum absolute atomic E-state index is 0.626. The second kappa shape index (κ2) is 8.03. The van der Waals surface area contributed by atoms with Gasteiger partial charge in [-0.3, -0.25) is 0 Å². The van der Waals surface area contributed by atoms with Crippen molar-refractivity contribution >= 4 is 10.8 Å². The van der Waals surface area contributed by atoms with Gasteiger partial charge in [0.05, 0.1) is 0 Å². The van der Waals surface area contributed by atoms with Crippen molar-refractivity contribution < 1.29 is 4.74 Å². The van der Waals surface area contributed by atoms with Crippen LogP contribution < -0.4 is 5.32 Å². The van der Waals surface area contributed by atoms with Crippen LogP contribution in [0.4, 0.5) is 0 Å². The van der Waals surface area contributed by atoms with Crippen LogP contribution in [-0.2, 0) is 11.3 Å². The Labute approximate surface area is 122 Å². The first-order chi connectivity index (χ1) is 9.75. The molecule has 20 heavy (non-hydrogen) atoms. The third-order valence-electron chi connectivity index (χ3n) is 3.24. The highest BCUT2D eigenvalue weighted by molar-refractivity contribution is 5.82. The highest BCUT2D eigenvalue weighted by Gasteiger charge is 1.97. The van der Waals surface area contributed by atoms with Crippen LogP contribution >= 0.6 is 0 Å². The van der Waals surface area contributed by atoms with Crippen molar-refractivity contribution in [2.24, 2.45) is 5.92 Å². The maximum absolute atomic E-state index is 5.57. The number of ether oxygens (including phenoxy) is 1. The van der Waals surface area contributed by atoms with Crippen LogP contribution in [0.3, 0.4) is 0 Å². The molecule has 0 aliphatic rings. The van der Waals surface area contributed by atoms with Gasteiger partial charge in [-0.15, -0.1) is 0 Å². The fourth-order valence-corrected chi connectivity index (χ4v) is 2.20. The molecule has 0 aromatic heterocycles. The summed E-state index contributed by atoms with van der Waals surface area (Å²) in [4.78, 5) is 0. The Bertz CT molecular complexity index is 522. The Balaban J connectivity index is 1.68. The molecule has 0 saturated carbocycles. The first kappa shape index (κ1) is 15.0. The van der Waals surface area contributed by atoms with Gasteiger partial charge < -0.3 is 10.1 Å². The summed E-state index contributed by atoms with van der Waals surface area (Å²) in [5.41, 5.74) is 1.34. The molecule has 0 fully saturated rings. The molecular weight excluding hydrogens is 246 g/mol. The minimum atomic E-state index is 0.626. The van der Waals surface area contributed by atoms with E-state index in [1.54, 1.807) is 0 Å². The van der Waals surface area contributed by atoms with E-state index in [4.69, 9.17) is 4.74 Å². The normalized spacial score (nSPS) is 11.3. The summed E-state index contributed by atoms with van der Waals surface area (Å²) in [6, 6.07) is 15.1. The Morgan fingerprint density at radius 1 is 1.05 bits per heavy atom. The van der Waals surface area contributed by atoms with Gasteiger partial charge >= 0.3 is 0 Å². The number of rotatable bonds is 8. The lowest BCUT2D eigenvalue weighted by atomic mass is 10.1. The Morgan fingerprint density at radius 2 is 1.85 bits per heavy atom. The molecule has 108 valence electrons. The third-order valence-corrected chi connectivity index (χ3v) is 3.24. The zero-order valence-corrected chi connectivity index (χ0v) is 12.6. The third kappa shape index (κ3) is 4.95. The topological polar surface area (TPSA) is 21.3 Å². The molecule has 2 heteroatoms. The Kier molecular flexibility index (Phi) is 6.03. The van der Waals surface area contributed by atoms with E-state index in [2.05, 4.69) is 61.6 Å². The summed E-state index contributed by atoms with van der Waals surface area (Å²) in [6.07, 6.45) is 1.07. The zero-order valence-electron chi connectivity index (χ0n) is 12.6. The molecule has 0 unspecified atom stereocenters. The largest absolute Gasteiger partial charge is 0.381 e. The lowest BCUT2D eigenvalue weighted by Gasteiger charge is -2.08. The summed E-state index contributed by atoms with van der Waals surface area (Å²) in [6.45, 7) is 8.00. The van der Waals surface area contributed by atoms with Gasteiger partial charge in [0, 0.05) is 19.8 Å². The van der Waals surface area contributed by atoms with Crippen molar-refractivity contribution in [3.8, 4) is 0 Å². The monoisotopic (exact) mass is 271 g/mol. The van der Waals surface area contributed by atoms with Crippen molar-refractivity contribution in [2.75, 3.05) is 19.8 Å². The first-order valence-corrected chi connectivity index (χ1v) is 7.52. The van der Waals surface area contributed by atoms with Crippen LogP contribution in [0, 0.1) is 5.92 Å². The maximum atomic E-state index is 5.57. The van der Waals surface area contributed by atoms with Gasteiger partial charge in [-0.05, 0) is 41.3 Å². The lowest BCUT2D eigenvalue weighted by molar-refractivity contribution is 0.108. The van der Waals surface area contributed by atoms with Crippen LogP contribution in [0.25, 0.3) is 10.8 Å².